The van der Waals surface area contributed by atoms with Gasteiger partial charge in [-0.05, 0) is 81.4 Å². The Labute approximate surface area is 296 Å². The van der Waals surface area contributed by atoms with E-state index in [1.807, 2.05) is 23.1 Å². The summed E-state index contributed by atoms with van der Waals surface area (Å²) in [6.45, 7) is 0. The van der Waals surface area contributed by atoms with Crippen LogP contribution in [0.1, 0.15) is 0 Å². The van der Waals surface area contributed by atoms with Gasteiger partial charge in [-0.15, -0.1) is 11.3 Å². The molecule has 1 aliphatic heterocycles. The summed E-state index contributed by atoms with van der Waals surface area (Å²) in [4.78, 5) is 13.1. The van der Waals surface area contributed by atoms with Gasteiger partial charge in [-0.25, -0.2) is 9.97 Å². The first-order valence-corrected chi connectivity index (χ1v) is 18.5. The van der Waals surface area contributed by atoms with Gasteiger partial charge in [0.2, 0.25) is 0 Å². The Morgan fingerprint density at radius 1 is 0.420 bits per heavy atom. The molecule has 0 bridgehead atoms. The number of hydrogen-bond donors (Lipinski definition) is 0. The predicted molar refractivity (Wildman–Crippen MR) is 213 cm³/mol. The molecule has 0 spiro atoms. The quantitative estimate of drug-likeness (QED) is 0.187. The largest absolute Gasteiger partial charge is 0.228 e. The minimum absolute atomic E-state index is 0.745. The van der Waals surface area contributed by atoms with Gasteiger partial charge in [0.05, 0.1) is 11.2 Å². The maximum Gasteiger partial charge on any atom is 0.161 e. The van der Waals surface area contributed by atoms with E-state index in [4.69, 9.17) is 9.97 Å². The van der Waals surface area contributed by atoms with Crippen LogP contribution in [-0.4, -0.2) is 9.97 Å². The van der Waals surface area contributed by atoms with Gasteiger partial charge in [-0.1, -0.05) is 121 Å². The second-order valence-corrected chi connectivity index (χ2v) is 15.1. The zero-order valence-electron chi connectivity index (χ0n) is 26.7. The molecule has 0 saturated carbocycles. The summed E-state index contributed by atoms with van der Waals surface area (Å²) in [5.41, 5.74) is 9.10. The van der Waals surface area contributed by atoms with Gasteiger partial charge >= 0.3 is 0 Å². The number of para-hydroxylation sites is 1. The minimum atomic E-state index is 0.745. The molecule has 0 aliphatic carbocycles. The van der Waals surface area contributed by atoms with Crippen LogP contribution in [0.2, 0.25) is 0 Å². The van der Waals surface area contributed by atoms with Crippen molar-refractivity contribution in [3.05, 3.63) is 158 Å². The zero-order valence-corrected chi connectivity index (χ0v) is 28.4. The topological polar surface area (TPSA) is 25.8 Å². The van der Waals surface area contributed by atoms with E-state index in [1.54, 1.807) is 0 Å². The third kappa shape index (κ3) is 4.22. The molecule has 2 aromatic heterocycles. The van der Waals surface area contributed by atoms with Gasteiger partial charge in [0.1, 0.15) is 0 Å². The molecule has 8 aromatic carbocycles. The second-order valence-electron chi connectivity index (χ2n) is 12.9. The highest BCUT2D eigenvalue weighted by molar-refractivity contribution is 7.99. The normalized spacial score (nSPS) is 12.3. The van der Waals surface area contributed by atoms with Gasteiger partial charge in [-0.3, -0.25) is 0 Å². The Morgan fingerprint density at radius 3 is 2.14 bits per heavy atom. The standard InChI is InChI=1S/C46H26N2S2/c1-2-10-28-25-30(20-19-27(28)9-1)45-35-12-3-5-16-38(35)47-46(48-45)34-22-24-42-44-33(34)14-7-15-36(44)43-31(13-8-18-41(43)50-42)29-21-23-40-37(26-29)32-11-4-6-17-39(32)49-40/h1-26H. The number of nitrogens with zero attached hydrogens (tertiary/aromatic N) is 2. The molecule has 232 valence electrons. The van der Waals surface area contributed by atoms with E-state index in [2.05, 4.69) is 158 Å². The molecule has 0 fully saturated rings. The number of hydrogen-bond acceptors (Lipinski definition) is 4. The maximum absolute atomic E-state index is 5.34. The Morgan fingerprint density at radius 2 is 1.18 bits per heavy atom. The molecule has 50 heavy (non-hydrogen) atoms. The molecule has 10 aromatic rings. The number of rotatable bonds is 3. The fourth-order valence-corrected chi connectivity index (χ4v) is 10.0. The summed E-state index contributed by atoms with van der Waals surface area (Å²) in [5.74, 6) is 0.745. The monoisotopic (exact) mass is 670 g/mol. The van der Waals surface area contributed by atoms with Crippen molar-refractivity contribution < 1.29 is 0 Å². The van der Waals surface area contributed by atoms with E-state index in [-0.39, 0.29) is 0 Å². The SMILES string of the molecule is c1cc2c(c(-c3ccc4sc5ccccc5c4c3)c1)-c1cccc3c(-c4nc(-c5ccc6ccccc6c5)c5ccccc5n4)ccc(c13)S2. The number of fused-ring (bicyclic) bond motifs is 7. The Balaban J connectivity index is 1.12. The third-order valence-corrected chi connectivity index (χ3v) is 12.3. The van der Waals surface area contributed by atoms with E-state index in [1.165, 1.54) is 73.8 Å². The smallest absolute Gasteiger partial charge is 0.161 e. The molecule has 0 atom stereocenters. The Bertz CT molecular complexity index is 3030. The first-order chi connectivity index (χ1) is 24.8. The van der Waals surface area contributed by atoms with Crippen LogP contribution < -0.4 is 0 Å². The van der Waals surface area contributed by atoms with Crippen molar-refractivity contribution in [1.82, 2.24) is 9.97 Å². The van der Waals surface area contributed by atoms with Crippen LogP contribution in [0.25, 0.3) is 97.5 Å². The van der Waals surface area contributed by atoms with Crippen molar-refractivity contribution >= 4 is 75.7 Å². The molecule has 0 N–H and O–H groups in total. The third-order valence-electron chi connectivity index (χ3n) is 10.1. The van der Waals surface area contributed by atoms with Crippen molar-refractivity contribution in [3.8, 4) is 44.9 Å². The minimum Gasteiger partial charge on any atom is -0.228 e. The second kappa shape index (κ2) is 10.8. The predicted octanol–water partition coefficient (Wildman–Crippen LogP) is 13.4. The molecule has 4 heteroatoms. The molecule has 11 rings (SSSR count). The van der Waals surface area contributed by atoms with Gasteiger partial charge in [0, 0.05) is 57.4 Å². The highest BCUT2D eigenvalue weighted by atomic mass is 32.2. The van der Waals surface area contributed by atoms with E-state index in [0.717, 1.165) is 33.5 Å². The van der Waals surface area contributed by atoms with E-state index in [0.29, 0.717) is 0 Å². The maximum atomic E-state index is 5.34. The summed E-state index contributed by atoms with van der Waals surface area (Å²) in [7, 11) is 0. The number of benzene rings is 8. The molecule has 0 amide bonds. The average Bonchev–Trinajstić information content (AvgIpc) is 3.55. The molecule has 3 heterocycles. The van der Waals surface area contributed by atoms with Crippen molar-refractivity contribution in [2.24, 2.45) is 0 Å². The van der Waals surface area contributed by atoms with E-state index < -0.39 is 0 Å². The van der Waals surface area contributed by atoms with Crippen LogP contribution in [-0.2, 0) is 0 Å². The number of thiophene rings is 1. The van der Waals surface area contributed by atoms with Crippen LogP contribution in [0.5, 0.6) is 0 Å². The summed E-state index contributed by atoms with van der Waals surface area (Å²) < 4.78 is 2.65. The summed E-state index contributed by atoms with van der Waals surface area (Å²) in [6.07, 6.45) is 0. The number of aromatic nitrogens is 2. The lowest BCUT2D eigenvalue weighted by atomic mass is 9.89. The van der Waals surface area contributed by atoms with Crippen LogP contribution >= 0.6 is 23.1 Å². The van der Waals surface area contributed by atoms with Crippen LogP contribution in [0, 0.1) is 0 Å². The van der Waals surface area contributed by atoms with Crippen LogP contribution in [0.3, 0.4) is 0 Å². The summed E-state index contributed by atoms with van der Waals surface area (Å²) >= 11 is 3.73. The molecule has 1 aliphatic rings. The Hall–Kier alpha value is -5.81. The Kier molecular flexibility index (Phi) is 6.09. The highest BCUT2D eigenvalue weighted by Crippen LogP contribution is 2.53. The molecule has 0 radical (unpaired) electrons. The fourth-order valence-electron chi connectivity index (χ4n) is 7.76. The van der Waals surface area contributed by atoms with Crippen molar-refractivity contribution in [2.45, 2.75) is 9.79 Å². The van der Waals surface area contributed by atoms with Gasteiger partial charge in [0.15, 0.2) is 5.82 Å². The van der Waals surface area contributed by atoms with Crippen LogP contribution in [0.15, 0.2) is 168 Å². The lowest BCUT2D eigenvalue weighted by Crippen LogP contribution is -1.99. The van der Waals surface area contributed by atoms with Crippen molar-refractivity contribution in [3.63, 3.8) is 0 Å². The molecule has 2 nitrogen and oxygen atoms in total. The zero-order chi connectivity index (χ0) is 32.8. The van der Waals surface area contributed by atoms with Crippen LogP contribution in [0.4, 0.5) is 0 Å². The van der Waals surface area contributed by atoms with Gasteiger partial charge in [-0.2, -0.15) is 0 Å². The molecule has 0 saturated heterocycles. The van der Waals surface area contributed by atoms with E-state index >= 15 is 0 Å². The molecular weight excluding hydrogens is 645 g/mol. The lowest BCUT2D eigenvalue weighted by molar-refractivity contribution is 1.23. The summed E-state index contributed by atoms with van der Waals surface area (Å²) in [5, 5.41) is 8.56. The van der Waals surface area contributed by atoms with Gasteiger partial charge < -0.3 is 0 Å². The lowest BCUT2D eigenvalue weighted by Gasteiger charge is -2.24. The highest BCUT2D eigenvalue weighted by Gasteiger charge is 2.25. The van der Waals surface area contributed by atoms with E-state index in [9.17, 15) is 0 Å². The van der Waals surface area contributed by atoms with Crippen molar-refractivity contribution in [1.29, 1.82) is 0 Å². The molecule has 0 unspecified atom stereocenters. The average molecular weight is 671 g/mol. The molecular formula is C46H26N2S2. The first kappa shape index (κ1) is 28.1. The van der Waals surface area contributed by atoms with Crippen molar-refractivity contribution in [2.75, 3.05) is 0 Å². The van der Waals surface area contributed by atoms with Gasteiger partial charge in [0.25, 0.3) is 0 Å². The first-order valence-electron chi connectivity index (χ1n) is 16.8. The summed E-state index contributed by atoms with van der Waals surface area (Å²) in [6, 6.07) is 57.1. The fraction of sp³-hybridized carbons (Fsp3) is 0.